The monoisotopic (exact) mass is 458 g/mol. The second kappa shape index (κ2) is 10.3. The number of rotatable bonds is 8. The molecule has 33 heavy (non-hydrogen) atoms. The van der Waals surface area contributed by atoms with Crippen molar-refractivity contribution in [3.63, 3.8) is 0 Å². The zero-order valence-electron chi connectivity index (χ0n) is 20.1. The summed E-state index contributed by atoms with van der Waals surface area (Å²) in [4.78, 5) is 11.8. The standard InChI is InChI=1S/C27H36F2N2O2/c1-18(32)31-24(14-19-12-22(28)16-23(29)13-19)25(33)17-30-27(10-5-6-11-27)21-9-7-8-20(15-21)26(2,3)4/h7-9,12-13,15-16,24-25,30,33H,5-6,10-11,14,17H2,1-4H3,(H,31,32)/t24-,25+/m0/s1. The van der Waals surface area contributed by atoms with Crippen LogP contribution >= 0.6 is 0 Å². The summed E-state index contributed by atoms with van der Waals surface area (Å²) in [6, 6.07) is 11.2. The molecule has 1 aliphatic carbocycles. The number of hydrogen-bond donors (Lipinski definition) is 3. The van der Waals surface area contributed by atoms with Crippen molar-refractivity contribution >= 4 is 5.91 Å². The second-order valence-electron chi connectivity index (χ2n) is 10.4. The number of benzene rings is 2. The van der Waals surface area contributed by atoms with Crippen molar-refractivity contribution in [1.29, 1.82) is 0 Å². The van der Waals surface area contributed by atoms with E-state index in [4.69, 9.17) is 0 Å². The van der Waals surface area contributed by atoms with Crippen LogP contribution in [0.25, 0.3) is 0 Å². The Bertz CT molecular complexity index is 945. The van der Waals surface area contributed by atoms with Crippen LogP contribution in [0.4, 0.5) is 8.78 Å². The largest absolute Gasteiger partial charge is 0.390 e. The Labute approximate surface area is 195 Å². The molecule has 3 N–H and O–H groups in total. The summed E-state index contributed by atoms with van der Waals surface area (Å²) in [5.41, 5.74) is 2.65. The zero-order valence-corrected chi connectivity index (χ0v) is 20.1. The van der Waals surface area contributed by atoms with Gasteiger partial charge in [-0.05, 0) is 53.5 Å². The fourth-order valence-electron chi connectivity index (χ4n) is 4.80. The molecular formula is C27H36F2N2O2. The van der Waals surface area contributed by atoms with Gasteiger partial charge in [-0.2, -0.15) is 0 Å². The van der Waals surface area contributed by atoms with Crippen LogP contribution in [-0.4, -0.2) is 29.7 Å². The zero-order chi connectivity index (χ0) is 24.2. The van der Waals surface area contributed by atoms with E-state index in [0.717, 1.165) is 31.7 Å². The van der Waals surface area contributed by atoms with Crippen molar-refractivity contribution in [1.82, 2.24) is 10.6 Å². The Morgan fingerprint density at radius 3 is 2.30 bits per heavy atom. The highest BCUT2D eigenvalue weighted by molar-refractivity contribution is 5.73. The normalized spacial score (nSPS) is 17.5. The van der Waals surface area contributed by atoms with E-state index in [2.05, 4.69) is 55.7 Å². The van der Waals surface area contributed by atoms with Gasteiger partial charge in [0.2, 0.25) is 5.91 Å². The average molecular weight is 459 g/mol. The van der Waals surface area contributed by atoms with Crippen LogP contribution in [0.1, 0.15) is 70.1 Å². The third kappa shape index (κ3) is 6.61. The van der Waals surface area contributed by atoms with Crippen molar-refractivity contribution in [2.45, 2.75) is 82.9 Å². The summed E-state index contributed by atoms with van der Waals surface area (Å²) in [5, 5.41) is 17.4. The molecule has 2 atom stereocenters. The molecule has 0 aliphatic heterocycles. The average Bonchev–Trinajstić information content (AvgIpc) is 3.20. The minimum Gasteiger partial charge on any atom is -0.390 e. The quantitative estimate of drug-likeness (QED) is 0.536. The molecule has 1 aliphatic rings. The molecule has 0 unspecified atom stereocenters. The van der Waals surface area contributed by atoms with E-state index in [1.54, 1.807) is 0 Å². The van der Waals surface area contributed by atoms with Gasteiger partial charge in [-0.25, -0.2) is 8.78 Å². The molecule has 0 heterocycles. The van der Waals surface area contributed by atoms with Gasteiger partial charge in [0.1, 0.15) is 11.6 Å². The SMILES string of the molecule is CC(=O)N[C@@H](Cc1cc(F)cc(F)c1)[C@H](O)CNC1(c2cccc(C(C)(C)C)c2)CCCC1. The van der Waals surface area contributed by atoms with Gasteiger partial charge >= 0.3 is 0 Å². The summed E-state index contributed by atoms with van der Waals surface area (Å²) in [6.07, 6.45) is 3.33. The van der Waals surface area contributed by atoms with E-state index >= 15 is 0 Å². The van der Waals surface area contributed by atoms with Crippen molar-refractivity contribution < 1.29 is 18.7 Å². The molecule has 0 saturated heterocycles. The molecule has 4 nitrogen and oxygen atoms in total. The third-order valence-corrected chi connectivity index (χ3v) is 6.62. The third-order valence-electron chi connectivity index (χ3n) is 6.62. The Morgan fingerprint density at radius 1 is 1.09 bits per heavy atom. The molecule has 1 saturated carbocycles. The lowest BCUT2D eigenvalue weighted by molar-refractivity contribution is -0.120. The highest BCUT2D eigenvalue weighted by Crippen LogP contribution is 2.40. The van der Waals surface area contributed by atoms with E-state index < -0.39 is 23.8 Å². The summed E-state index contributed by atoms with van der Waals surface area (Å²) in [7, 11) is 0. The van der Waals surface area contributed by atoms with Crippen LogP contribution in [0.15, 0.2) is 42.5 Å². The number of carbonyl (C=O) groups is 1. The first-order valence-electron chi connectivity index (χ1n) is 11.7. The molecule has 2 aromatic rings. The fraction of sp³-hybridized carbons (Fsp3) is 0.519. The maximum absolute atomic E-state index is 13.6. The maximum atomic E-state index is 13.6. The summed E-state index contributed by atoms with van der Waals surface area (Å²) in [6.45, 7) is 8.20. The van der Waals surface area contributed by atoms with Gasteiger partial charge in [-0.15, -0.1) is 0 Å². The molecule has 0 aromatic heterocycles. The highest BCUT2D eigenvalue weighted by atomic mass is 19.1. The van der Waals surface area contributed by atoms with Crippen LogP contribution in [0.5, 0.6) is 0 Å². The summed E-state index contributed by atoms with van der Waals surface area (Å²) < 4.78 is 27.3. The van der Waals surface area contributed by atoms with Crippen LogP contribution < -0.4 is 10.6 Å². The van der Waals surface area contributed by atoms with Crippen LogP contribution in [0, 0.1) is 11.6 Å². The molecule has 0 radical (unpaired) electrons. The summed E-state index contributed by atoms with van der Waals surface area (Å²) in [5.74, 6) is -1.66. The highest BCUT2D eigenvalue weighted by Gasteiger charge is 2.37. The topological polar surface area (TPSA) is 61.4 Å². The lowest BCUT2D eigenvalue weighted by atomic mass is 9.81. The van der Waals surface area contributed by atoms with Crippen molar-refractivity contribution in [3.8, 4) is 0 Å². The molecule has 2 aromatic carbocycles. The minimum absolute atomic E-state index is 0.0338. The minimum atomic E-state index is -0.927. The Morgan fingerprint density at radius 2 is 1.73 bits per heavy atom. The first-order chi connectivity index (χ1) is 15.5. The van der Waals surface area contributed by atoms with E-state index in [0.29, 0.717) is 5.56 Å². The van der Waals surface area contributed by atoms with Gasteiger partial charge in [0, 0.05) is 25.1 Å². The smallest absolute Gasteiger partial charge is 0.217 e. The van der Waals surface area contributed by atoms with Gasteiger partial charge in [-0.1, -0.05) is 57.9 Å². The number of carbonyl (C=O) groups excluding carboxylic acids is 1. The summed E-state index contributed by atoms with van der Waals surface area (Å²) >= 11 is 0. The van der Waals surface area contributed by atoms with E-state index in [1.807, 2.05) is 0 Å². The van der Waals surface area contributed by atoms with Crippen molar-refractivity contribution in [3.05, 3.63) is 70.8 Å². The maximum Gasteiger partial charge on any atom is 0.217 e. The van der Waals surface area contributed by atoms with Crippen molar-refractivity contribution in [2.75, 3.05) is 6.54 Å². The Balaban J connectivity index is 1.78. The molecule has 1 fully saturated rings. The van der Waals surface area contributed by atoms with Gasteiger partial charge in [0.05, 0.1) is 12.1 Å². The lowest BCUT2D eigenvalue weighted by Gasteiger charge is -2.35. The van der Waals surface area contributed by atoms with Crippen LogP contribution in [0.2, 0.25) is 0 Å². The molecule has 6 heteroatoms. The van der Waals surface area contributed by atoms with E-state index in [9.17, 15) is 18.7 Å². The molecular weight excluding hydrogens is 422 g/mol. The van der Waals surface area contributed by atoms with E-state index in [-0.39, 0.29) is 29.8 Å². The number of aliphatic hydroxyl groups excluding tert-OH is 1. The van der Waals surface area contributed by atoms with E-state index in [1.165, 1.54) is 30.2 Å². The van der Waals surface area contributed by atoms with Gasteiger partial charge < -0.3 is 15.7 Å². The molecule has 1 amide bonds. The second-order valence-corrected chi connectivity index (χ2v) is 10.4. The van der Waals surface area contributed by atoms with Crippen molar-refractivity contribution in [2.24, 2.45) is 0 Å². The Hall–Kier alpha value is -2.31. The first kappa shape index (κ1) is 25.3. The molecule has 0 spiro atoms. The number of aliphatic hydroxyl groups is 1. The van der Waals surface area contributed by atoms with Gasteiger partial charge in [0.25, 0.3) is 0 Å². The molecule has 0 bridgehead atoms. The van der Waals surface area contributed by atoms with Gasteiger partial charge in [-0.3, -0.25) is 4.79 Å². The number of halogens is 2. The fourth-order valence-corrected chi connectivity index (χ4v) is 4.80. The first-order valence-corrected chi connectivity index (χ1v) is 11.7. The lowest BCUT2D eigenvalue weighted by Crippen LogP contribution is -2.52. The number of hydrogen-bond acceptors (Lipinski definition) is 3. The van der Waals surface area contributed by atoms with Gasteiger partial charge in [0.15, 0.2) is 0 Å². The number of amides is 1. The molecule has 180 valence electrons. The Kier molecular flexibility index (Phi) is 7.91. The van der Waals surface area contributed by atoms with Crippen LogP contribution in [0.3, 0.4) is 0 Å². The molecule has 3 rings (SSSR count). The predicted octanol–water partition coefficient (Wildman–Crippen LogP) is 4.73. The van der Waals surface area contributed by atoms with Crippen LogP contribution in [-0.2, 0) is 22.2 Å². The predicted molar refractivity (Wildman–Crippen MR) is 127 cm³/mol. The number of nitrogens with one attached hydrogen (secondary N) is 2.